The molecule has 0 bridgehead atoms. The van der Waals surface area contributed by atoms with Gasteiger partial charge in [-0.1, -0.05) is 12.1 Å². The van der Waals surface area contributed by atoms with E-state index in [4.69, 9.17) is 4.74 Å². The predicted molar refractivity (Wildman–Crippen MR) is 70.7 cm³/mol. The number of nitrogens with one attached hydrogen (secondary N) is 2. The van der Waals surface area contributed by atoms with E-state index in [1.165, 1.54) is 5.56 Å². The average Bonchev–Trinajstić information content (AvgIpc) is 2.81. The van der Waals surface area contributed by atoms with Crippen molar-refractivity contribution < 1.29 is 9.53 Å². The predicted octanol–water partition coefficient (Wildman–Crippen LogP) is 1.11. The summed E-state index contributed by atoms with van der Waals surface area (Å²) in [7, 11) is 1.67. The molecule has 1 unspecified atom stereocenters. The standard InChI is InChI=1S/C14H20N2O2/c1-18-13-5-2-11(3-6-13)8-9-15-10-12-4-7-14(17)16-12/h2-3,5-6,12,15H,4,7-10H2,1H3,(H,16,17). The quantitative estimate of drug-likeness (QED) is 0.741. The Bertz CT molecular complexity index is 389. The van der Waals surface area contributed by atoms with E-state index >= 15 is 0 Å². The van der Waals surface area contributed by atoms with E-state index in [0.29, 0.717) is 12.5 Å². The molecule has 98 valence electrons. The van der Waals surface area contributed by atoms with E-state index in [2.05, 4.69) is 22.8 Å². The van der Waals surface area contributed by atoms with Crippen molar-refractivity contribution in [2.75, 3.05) is 20.2 Å². The third kappa shape index (κ3) is 3.74. The minimum atomic E-state index is 0.178. The van der Waals surface area contributed by atoms with Gasteiger partial charge < -0.3 is 15.4 Å². The highest BCUT2D eigenvalue weighted by Gasteiger charge is 2.19. The van der Waals surface area contributed by atoms with Crippen LogP contribution in [0.4, 0.5) is 0 Å². The summed E-state index contributed by atoms with van der Waals surface area (Å²) in [5.41, 5.74) is 1.29. The van der Waals surface area contributed by atoms with Gasteiger partial charge in [-0.05, 0) is 37.1 Å². The van der Waals surface area contributed by atoms with Crippen molar-refractivity contribution >= 4 is 5.91 Å². The number of rotatable bonds is 6. The van der Waals surface area contributed by atoms with Crippen LogP contribution in [0.5, 0.6) is 5.75 Å². The SMILES string of the molecule is COc1ccc(CCNCC2CCC(=O)N2)cc1. The summed E-state index contributed by atoms with van der Waals surface area (Å²) in [5, 5.41) is 6.33. The lowest BCUT2D eigenvalue weighted by molar-refractivity contribution is -0.119. The molecular weight excluding hydrogens is 228 g/mol. The fourth-order valence-corrected chi connectivity index (χ4v) is 2.13. The van der Waals surface area contributed by atoms with E-state index in [1.807, 2.05) is 12.1 Å². The van der Waals surface area contributed by atoms with Crippen LogP contribution in [0.1, 0.15) is 18.4 Å². The molecule has 1 saturated heterocycles. The van der Waals surface area contributed by atoms with E-state index < -0.39 is 0 Å². The normalized spacial score (nSPS) is 18.7. The molecule has 1 aromatic rings. The third-order valence-electron chi connectivity index (χ3n) is 3.23. The van der Waals surface area contributed by atoms with Crippen molar-refractivity contribution in [1.82, 2.24) is 10.6 Å². The van der Waals surface area contributed by atoms with Crippen molar-refractivity contribution in [1.29, 1.82) is 0 Å². The van der Waals surface area contributed by atoms with Crippen molar-refractivity contribution in [2.24, 2.45) is 0 Å². The molecule has 4 nitrogen and oxygen atoms in total. The van der Waals surface area contributed by atoms with Crippen molar-refractivity contribution in [3.05, 3.63) is 29.8 Å². The molecule has 0 saturated carbocycles. The van der Waals surface area contributed by atoms with Gasteiger partial charge in [0.2, 0.25) is 5.91 Å². The summed E-state index contributed by atoms with van der Waals surface area (Å²) in [6.07, 6.45) is 2.61. The first kappa shape index (κ1) is 12.9. The second-order valence-electron chi connectivity index (χ2n) is 4.61. The molecule has 1 fully saturated rings. The molecular formula is C14H20N2O2. The Morgan fingerprint density at radius 3 is 2.78 bits per heavy atom. The number of methoxy groups -OCH3 is 1. The summed E-state index contributed by atoms with van der Waals surface area (Å²) in [6.45, 7) is 1.79. The van der Waals surface area contributed by atoms with Gasteiger partial charge in [-0.3, -0.25) is 4.79 Å². The molecule has 1 heterocycles. The smallest absolute Gasteiger partial charge is 0.220 e. The molecule has 0 aliphatic carbocycles. The zero-order valence-electron chi connectivity index (χ0n) is 10.7. The lowest BCUT2D eigenvalue weighted by Crippen LogP contribution is -2.36. The molecule has 18 heavy (non-hydrogen) atoms. The Balaban J connectivity index is 1.64. The average molecular weight is 248 g/mol. The summed E-state index contributed by atoms with van der Waals surface area (Å²) < 4.78 is 5.12. The monoisotopic (exact) mass is 248 g/mol. The van der Waals surface area contributed by atoms with Crippen LogP contribution in [0, 0.1) is 0 Å². The minimum Gasteiger partial charge on any atom is -0.497 e. The summed E-state index contributed by atoms with van der Waals surface area (Å²) >= 11 is 0. The largest absolute Gasteiger partial charge is 0.497 e. The first-order chi connectivity index (χ1) is 8.78. The highest BCUT2D eigenvalue weighted by molar-refractivity contribution is 5.78. The molecule has 1 amide bonds. The van der Waals surface area contributed by atoms with Gasteiger partial charge in [0.05, 0.1) is 7.11 Å². The van der Waals surface area contributed by atoms with Gasteiger partial charge in [-0.15, -0.1) is 0 Å². The number of hydrogen-bond acceptors (Lipinski definition) is 3. The minimum absolute atomic E-state index is 0.178. The molecule has 0 aromatic heterocycles. The van der Waals surface area contributed by atoms with Crippen molar-refractivity contribution in [3.63, 3.8) is 0 Å². The molecule has 0 spiro atoms. The van der Waals surface area contributed by atoms with E-state index in [0.717, 1.165) is 31.7 Å². The van der Waals surface area contributed by atoms with Crippen LogP contribution in [0.15, 0.2) is 24.3 Å². The van der Waals surface area contributed by atoms with Crippen LogP contribution in [0.2, 0.25) is 0 Å². The van der Waals surface area contributed by atoms with E-state index in [1.54, 1.807) is 7.11 Å². The lowest BCUT2D eigenvalue weighted by Gasteiger charge is -2.11. The molecule has 2 rings (SSSR count). The van der Waals surface area contributed by atoms with Crippen molar-refractivity contribution in [2.45, 2.75) is 25.3 Å². The fraction of sp³-hybridized carbons (Fsp3) is 0.500. The van der Waals surface area contributed by atoms with Gasteiger partial charge in [0.1, 0.15) is 5.75 Å². The van der Waals surface area contributed by atoms with Crippen LogP contribution in [-0.2, 0) is 11.2 Å². The molecule has 2 N–H and O–H groups in total. The van der Waals surface area contributed by atoms with Crippen LogP contribution >= 0.6 is 0 Å². The number of hydrogen-bond donors (Lipinski definition) is 2. The van der Waals surface area contributed by atoms with Gasteiger partial charge in [0.15, 0.2) is 0 Å². The van der Waals surface area contributed by atoms with Crippen LogP contribution in [0.25, 0.3) is 0 Å². The Morgan fingerprint density at radius 2 is 2.17 bits per heavy atom. The van der Waals surface area contributed by atoms with Gasteiger partial charge in [0.25, 0.3) is 0 Å². The van der Waals surface area contributed by atoms with Crippen molar-refractivity contribution in [3.8, 4) is 5.75 Å². The van der Waals surface area contributed by atoms with Gasteiger partial charge in [-0.25, -0.2) is 0 Å². The lowest BCUT2D eigenvalue weighted by atomic mass is 10.1. The summed E-state index contributed by atoms with van der Waals surface area (Å²) in [5.74, 6) is 1.07. The van der Waals surface area contributed by atoms with Gasteiger partial charge in [-0.2, -0.15) is 0 Å². The number of amides is 1. The fourth-order valence-electron chi connectivity index (χ4n) is 2.13. The summed E-state index contributed by atoms with van der Waals surface area (Å²) in [4.78, 5) is 11.0. The van der Waals surface area contributed by atoms with Gasteiger partial charge in [0, 0.05) is 19.0 Å². The third-order valence-corrected chi connectivity index (χ3v) is 3.23. The maximum Gasteiger partial charge on any atom is 0.220 e. The Kier molecular flexibility index (Phi) is 4.59. The van der Waals surface area contributed by atoms with Gasteiger partial charge >= 0.3 is 0 Å². The molecule has 1 aliphatic rings. The maximum atomic E-state index is 11.0. The van der Waals surface area contributed by atoms with Crippen LogP contribution < -0.4 is 15.4 Å². The maximum absolute atomic E-state index is 11.0. The number of ether oxygens (including phenoxy) is 1. The second kappa shape index (κ2) is 6.40. The molecule has 1 aromatic carbocycles. The molecule has 4 heteroatoms. The Hall–Kier alpha value is -1.55. The molecule has 1 atom stereocenters. The number of benzene rings is 1. The first-order valence-corrected chi connectivity index (χ1v) is 6.41. The van der Waals surface area contributed by atoms with E-state index in [9.17, 15) is 4.79 Å². The van der Waals surface area contributed by atoms with Crippen LogP contribution in [-0.4, -0.2) is 32.1 Å². The highest BCUT2D eigenvalue weighted by Crippen LogP contribution is 2.11. The first-order valence-electron chi connectivity index (χ1n) is 6.41. The summed E-state index contributed by atoms with van der Waals surface area (Å²) in [6, 6.07) is 8.43. The zero-order valence-corrected chi connectivity index (χ0v) is 10.7. The number of carbonyl (C=O) groups is 1. The zero-order chi connectivity index (χ0) is 12.8. The second-order valence-corrected chi connectivity index (χ2v) is 4.61. The molecule has 0 radical (unpaired) electrons. The Morgan fingerprint density at radius 1 is 1.39 bits per heavy atom. The molecule has 1 aliphatic heterocycles. The highest BCUT2D eigenvalue weighted by atomic mass is 16.5. The topological polar surface area (TPSA) is 50.4 Å². The Labute approximate surface area is 108 Å². The van der Waals surface area contributed by atoms with E-state index in [-0.39, 0.29) is 5.91 Å². The number of carbonyl (C=O) groups excluding carboxylic acids is 1. The van der Waals surface area contributed by atoms with Crippen LogP contribution in [0.3, 0.4) is 0 Å².